The number of rotatable bonds is 7. The van der Waals surface area contributed by atoms with Gasteiger partial charge in [-0.05, 0) is 61.0 Å². The monoisotopic (exact) mass is 434 g/mol. The van der Waals surface area contributed by atoms with Crippen LogP contribution in [0.3, 0.4) is 0 Å². The van der Waals surface area contributed by atoms with Crippen LogP contribution in [0.5, 0.6) is 11.6 Å². The molecule has 166 valence electrons. The van der Waals surface area contributed by atoms with Crippen molar-refractivity contribution in [1.29, 1.82) is 0 Å². The van der Waals surface area contributed by atoms with Gasteiger partial charge < -0.3 is 9.47 Å². The Labute approximate surface area is 185 Å². The summed E-state index contributed by atoms with van der Waals surface area (Å²) >= 11 is 0. The highest BCUT2D eigenvalue weighted by Gasteiger charge is 2.16. The largest absolute Gasteiger partial charge is 0.489 e. The van der Waals surface area contributed by atoms with Crippen molar-refractivity contribution in [3.63, 3.8) is 0 Å². The van der Waals surface area contributed by atoms with E-state index in [0.717, 1.165) is 39.6 Å². The maximum absolute atomic E-state index is 12.3. The third kappa shape index (κ3) is 3.89. The first-order chi connectivity index (χ1) is 15.4. The average Bonchev–Trinajstić information content (AvgIpc) is 3.26. The Kier molecular flexibility index (Phi) is 5.81. The molecule has 0 N–H and O–H groups in total. The summed E-state index contributed by atoms with van der Waals surface area (Å²) in [6.45, 7) is 6.85. The first kappa shape index (κ1) is 21.4. The molecule has 4 rings (SSSR count). The van der Waals surface area contributed by atoms with Crippen molar-refractivity contribution in [2.45, 2.75) is 27.4 Å². The Morgan fingerprint density at radius 3 is 2.44 bits per heavy atom. The number of hydrogen-bond acceptors (Lipinski definition) is 6. The van der Waals surface area contributed by atoms with Crippen molar-refractivity contribution in [3.05, 3.63) is 69.6 Å². The number of nitrogens with zero attached hydrogens (tertiary/aromatic N) is 6. The number of para-hydroxylation sites is 1. The third-order valence-electron chi connectivity index (χ3n) is 5.27. The fraction of sp³-hybridized carbons (Fsp3) is 0.304. The van der Waals surface area contributed by atoms with E-state index in [9.17, 15) is 4.79 Å². The summed E-state index contributed by atoms with van der Waals surface area (Å²) in [7, 11) is 3.45. The number of hydrogen-bond donors (Lipinski definition) is 0. The molecule has 32 heavy (non-hydrogen) atoms. The number of ether oxygens (including phenoxy) is 2. The Hall–Kier alpha value is -3.88. The van der Waals surface area contributed by atoms with Gasteiger partial charge in [0.05, 0.1) is 18.0 Å². The van der Waals surface area contributed by atoms with Gasteiger partial charge in [-0.1, -0.05) is 18.2 Å². The molecule has 0 saturated carbocycles. The second kappa shape index (κ2) is 8.70. The minimum atomic E-state index is -0.310. The number of aromatic nitrogens is 6. The van der Waals surface area contributed by atoms with Gasteiger partial charge in [-0.15, -0.1) is 0 Å². The lowest BCUT2D eigenvalue weighted by molar-refractivity contribution is 0.303. The summed E-state index contributed by atoms with van der Waals surface area (Å²) in [6.07, 6.45) is 0. The normalized spacial score (nSPS) is 11.0. The van der Waals surface area contributed by atoms with Crippen LogP contribution in [-0.4, -0.2) is 36.2 Å². The molecule has 0 bridgehead atoms. The number of benzene rings is 2. The van der Waals surface area contributed by atoms with E-state index >= 15 is 0 Å². The molecule has 2 heterocycles. The number of aryl methyl sites for hydroxylation is 3. The minimum absolute atomic E-state index is 0.288. The quantitative estimate of drug-likeness (QED) is 0.444. The van der Waals surface area contributed by atoms with Crippen LogP contribution in [-0.2, 0) is 20.7 Å². The van der Waals surface area contributed by atoms with E-state index in [0.29, 0.717) is 12.3 Å². The SMILES string of the molecule is CCOc1c(C)c(-c2ccc(OCc3ccccc3-n3nnn(C)c3=O)c(C)c2)nn1C. The molecule has 0 atom stereocenters. The zero-order valence-corrected chi connectivity index (χ0v) is 18.9. The van der Waals surface area contributed by atoms with Gasteiger partial charge in [-0.3, -0.25) is 0 Å². The van der Waals surface area contributed by atoms with E-state index in [1.807, 2.05) is 64.2 Å². The molecule has 0 saturated heterocycles. The molecule has 0 unspecified atom stereocenters. The van der Waals surface area contributed by atoms with Crippen LogP contribution >= 0.6 is 0 Å². The highest BCUT2D eigenvalue weighted by Crippen LogP contribution is 2.32. The van der Waals surface area contributed by atoms with Crippen LogP contribution < -0.4 is 15.2 Å². The van der Waals surface area contributed by atoms with Crippen LogP contribution in [0.25, 0.3) is 16.9 Å². The van der Waals surface area contributed by atoms with Crippen molar-refractivity contribution in [2.75, 3.05) is 6.61 Å². The molecular weight excluding hydrogens is 408 g/mol. The zero-order valence-electron chi connectivity index (χ0n) is 18.9. The molecule has 0 aliphatic carbocycles. The lowest BCUT2D eigenvalue weighted by Crippen LogP contribution is -2.23. The van der Waals surface area contributed by atoms with Gasteiger partial charge in [0.25, 0.3) is 0 Å². The van der Waals surface area contributed by atoms with E-state index in [4.69, 9.17) is 9.47 Å². The van der Waals surface area contributed by atoms with Gasteiger partial charge in [0.1, 0.15) is 12.4 Å². The number of tetrazole rings is 1. The fourth-order valence-electron chi connectivity index (χ4n) is 3.65. The van der Waals surface area contributed by atoms with E-state index < -0.39 is 0 Å². The second-order valence-electron chi connectivity index (χ2n) is 7.53. The summed E-state index contributed by atoms with van der Waals surface area (Å²) in [5, 5.41) is 12.4. The summed E-state index contributed by atoms with van der Waals surface area (Å²) in [5.41, 5.74) is 5.05. The van der Waals surface area contributed by atoms with E-state index in [1.54, 1.807) is 11.7 Å². The Morgan fingerprint density at radius 2 is 1.75 bits per heavy atom. The highest BCUT2D eigenvalue weighted by atomic mass is 16.5. The van der Waals surface area contributed by atoms with Crippen molar-refractivity contribution in [2.24, 2.45) is 14.1 Å². The second-order valence-corrected chi connectivity index (χ2v) is 7.53. The maximum Gasteiger partial charge on any atom is 0.368 e. The predicted octanol–water partition coefficient (Wildman–Crippen LogP) is 2.96. The molecule has 0 amide bonds. The van der Waals surface area contributed by atoms with Crippen LogP contribution in [0, 0.1) is 13.8 Å². The van der Waals surface area contributed by atoms with Crippen molar-refractivity contribution < 1.29 is 9.47 Å². The Bertz CT molecular complexity index is 1320. The molecule has 0 aliphatic rings. The Morgan fingerprint density at radius 1 is 0.969 bits per heavy atom. The summed E-state index contributed by atoms with van der Waals surface area (Å²) in [6, 6.07) is 13.5. The highest BCUT2D eigenvalue weighted by molar-refractivity contribution is 5.67. The minimum Gasteiger partial charge on any atom is -0.489 e. The summed E-state index contributed by atoms with van der Waals surface area (Å²) < 4.78 is 16.0. The summed E-state index contributed by atoms with van der Waals surface area (Å²) in [4.78, 5) is 12.3. The van der Waals surface area contributed by atoms with Gasteiger partial charge in [0.2, 0.25) is 5.88 Å². The predicted molar refractivity (Wildman–Crippen MR) is 120 cm³/mol. The topological polar surface area (TPSA) is 89.0 Å². The molecule has 2 aromatic carbocycles. The zero-order chi connectivity index (χ0) is 22.8. The van der Waals surface area contributed by atoms with Crippen LogP contribution in [0.4, 0.5) is 0 Å². The van der Waals surface area contributed by atoms with Gasteiger partial charge in [-0.2, -0.15) is 14.5 Å². The van der Waals surface area contributed by atoms with Gasteiger partial charge in [0.15, 0.2) is 0 Å². The van der Waals surface area contributed by atoms with E-state index in [-0.39, 0.29) is 12.3 Å². The van der Waals surface area contributed by atoms with Gasteiger partial charge in [0, 0.05) is 30.8 Å². The van der Waals surface area contributed by atoms with Crippen molar-refractivity contribution in [3.8, 4) is 28.6 Å². The third-order valence-corrected chi connectivity index (χ3v) is 5.27. The first-order valence-electron chi connectivity index (χ1n) is 10.4. The van der Waals surface area contributed by atoms with Crippen molar-refractivity contribution in [1.82, 2.24) is 29.6 Å². The Balaban J connectivity index is 1.57. The smallest absolute Gasteiger partial charge is 0.368 e. The molecule has 0 fully saturated rings. The molecule has 4 aromatic rings. The summed E-state index contributed by atoms with van der Waals surface area (Å²) in [5.74, 6) is 1.53. The van der Waals surface area contributed by atoms with Crippen LogP contribution in [0.1, 0.15) is 23.6 Å². The van der Waals surface area contributed by atoms with Crippen molar-refractivity contribution >= 4 is 0 Å². The molecule has 0 aliphatic heterocycles. The van der Waals surface area contributed by atoms with Gasteiger partial charge >= 0.3 is 5.69 Å². The van der Waals surface area contributed by atoms with Crippen LogP contribution in [0.2, 0.25) is 0 Å². The molecule has 2 aromatic heterocycles. The molecule has 9 nitrogen and oxygen atoms in total. The van der Waals surface area contributed by atoms with Gasteiger partial charge in [-0.25, -0.2) is 9.48 Å². The van der Waals surface area contributed by atoms with E-state index in [2.05, 4.69) is 21.6 Å². The lowest BCUT2D eigenvalue weighted by Gasteiger charge is -2.13. The van der Waals surface area contributed by atoms with Crippen LogP contribution in [0.15, 0.2) is 47.3 Å². The molecular formula is C23H26N6O3. The molecule has 0 spiro atoms. The fourth-order valence-corrected chi connectivity index (χ4v) is 3.65. The maximum atomic E-state index is 12.3. The first-order valence-corrected chi connectivity index (χ1v) is 10.4. The average molecular weight is 435 g/mol. The van der Waals surface area contributed by atoms with E-state index in [1.165, 1.54) is 9.36 Å². The standard InChI is InChI=1S/C23H26N6O3/c1-6-31-22-16(3)21(24-27(22)4)17-11-12-20(15(2)13-17)32-14-18-9-7-8-10-19(18)29-23(30)28(5)25-26-29/h7-13H,6,14H2,1-5H3. The molecule has 0 radical (unpaired) electrons. The lowest BCUT2D eigenvalue weighted by atomic mass is 10.1. The molecule has 9 heteroatoms.